The Morgan fingerprint density at radius 2 is 1.23 bits per heavy atom. The normalized spacial score (nSPS) is 22.6. The number of halogens is 1. The highest BCUT2D eigenvalue weighted by Gasteiger charge is 2.68. The molecule has 6 atom stereocenters. The quantitative estimate of drug-likeness (QED) is 0.0335. The molecule has 3 aliphatic rings. The van der Waals surface area contributed by atoms with Crippen molar-refractivity contribution in [2.45, 2.75) is 94.8 Å². The molecule has 0 spiro atoms. The number of anilines is 1. The zero-order valence-corrected chi connectivity index (χ0v) is 39.3. The first-order valence-corrected chi connectivity index (χ1v) is 24.7. The number of aromatic hydroxyl groups is 1. The number of unbranched alkanes of at least 4 members (excludes halogenated alkanes) is 8. The van der Waals surface area contributed by atoms with Crippen LogP contribution in [0.4, 0.5) is 5.69 Å². The lowest BCUT2D eigenvalue weighted by Gasteiger charge is -2.53. The lowest BCUT2D eigenvalue weighted by atomic mass is 9.54. The molecular weight excluding hydrogens is 877 g/mol. The van der Waals surface area contributed by atoms with Crippen LogP contribution in [0.15, 0.2) is 120 Å². The third kappa shape index (κ3) is 9.06. The predicted octanol–water partition coefficient (Wildman–Crippen LogP) is 3.33. The van der Waals surface area contributed by atoms with Gasteiger partial charge < -0.3 is 49.0 Å². The minimum absolute atomic E-state index is 0. The molecule has 0 bridgehead atoms. The molecule has 0 radical (unpaired) electrons. The maximum Gasteiger partial charge on any atom is 0.255 e. The van der Waals surface area contributed by atoms with Crippen molar-refractivity contribution in [3.63, 3.8) is 0 Å². The number of nitrogens with two attached hydrogens (primary N) is 1. The van der Waals surface area contributed by atoms with Crippen LogP contribution in [-0.4, -0.2) is 91.8 Å². The van der Waals surface area contributed by atoms with Crippen LogP contribution in [0.1, 0.15) is 88.2 Å². The lowest BCUT2D eigenvalue weighted by Crippen LogP contribution is -3.00. The maximum atomic E-state index is 14.3. The summed E-state index contributed by atoms with van der Waals surface area (Å²) in [6.45, 7) is 1.66. The molecule has 0 unspecified atom stereocenters. The zero-order chi connectivity index (χ0) is 46.6. The summed E-state index contributed by atoms with van der Waals surface area (Å²) in [7, 11) is 1.09. The van der Waals surface area contributed by atoms with Gasteiger partial charge >= 0.3 is 0 Å². The fraction of sp³-hybridized carbons (Fsp3) is 0.385. The van der Waals surface area contributed by atoms with Crippen LogP contribution in [0.2, 0.25) is 0 Å². The summed E-state index contributed by atoms with van der Waals surface area (Å²) in [5.41, 5.74) is 1.11. The number of ketones is 2. The van der Waals surface area contributed by atoms with E-state index in [1.165, 1.54) is 47.4 Å². The molecule has 350 valence electrons. The van der Waals surface area contributed by atoms with E-state index in [4.69, 9.17) is 5.73 Å². The molecule has 2 amide bonds. The summed E-state index contributed by atoms with van der Waals surface area (Å²) in [5.74, 6) is -10.1. The number of phenols is 1. The van der Waals surface area contributed by atoms with Crippen molar-refractivity contribution in [2.24, 2.45) is 17.6 Å². The van der Waals surface area contributed by atoms with Gasteiger partial charge in [0, 0.05) is 17.9 Å². The van der Waals surface area contributed by atoms with Crippen LogP contribution in [0.5, 0.6) is 5.75 Å². The molecule has 8 N–H and O–H groups in total. The number of nitrogens with zero attached hydrogens (tertiary/aromatic N) is 1. The van der Waals surface area contributed by atoms with Gasteiger partial charge in [-0.05, 0) is 87.3 Å². The summed E-state index contributed by atoms with van der Waals surface area (Å²) < 4.78 is 0. The van der Waals surface area contributed by atoms with E-state index in [2.05, 4.69) is 96.3 Å². The molecular formula is C52H61ClN3O9P. The SMILES string of the molecule is C[C@H]1c2ccc(NC(=O)CCCCCCCCCCC[P+](c3ccccc3)(c3ccccc3)c3ccccc3)c(O)c2C(O)=C2C(=O)[C@]3(O)C(O)=C(C(N)=O)C(=O)[C@@H](N(C)C)[C@@H]3[C@@H](O)[C@@H]21.[Cl-]. The van der Waals surface area contributed by atoms with Crippen molar-refractivity contribution in [1.82, 2.24) is 4.90 Å². The maximum absolute atomic E-state index is 14.3. The second kappa shape index (κ2) is 21.1. The van der Waals surface area contributed by atoms with Crippen LogP contribution >= 0.6 is 7.26 Å². The van der Waals surface area contributed by atoms with E-state index in [1.807, 2.05) is 0 Å². The van der Waals surface area contributed by atoms with Gasteiger partial charge in [0.25, 0.3) is 5.91 Å². The number of carbonyl (C=O) groups excluding carboxylic acids is 4. The number of aliphatic hydroxyl groups excluding tert-OH is 3. The predicted molar refractivity (Wildman–Crippen MR) is 255 cm³/mol. The molecule has 4 aromatic carbocycles. The monoisotopic (exact) mass is 937 g/mol. The molecule has 0 saturated heterocycles. The number of likely N-dealkylation sites (N-methyl/N-ethyl adjacent to an activating group) is 1. The summed E-state index contributed by atoms with van der Waals surface area (Å²) in [5, 5.41) is 65.0. The number of carbonyl (C=O) groups is 4. The van der Waals surface area contributed by atoms with Gasteiger partial charge in [0.05, 0.1) is 35.5 Å². The van der Waals surface area contributed by atoms with Crippen LogP contribution in [0.3, 0.4) is 0 Å². The molecule has 12 nitrogen and oxygen atoms in total. The highest BCUT2D eigenvalue weighted by atomic mass is 35.5. The number of phenolic OH excluding ortho intramolecular Hbond substituents is 1. The molecule has 1 saturated carbocycles. The van der Waals surface area contributed by atoms with Gasteiger partial charge in [0.15, 0.2) is 11.4 Å². The topological polar surface area (TPSA) is 211 Å². The lowest BCUT2D eigenvalue weighted by molar-refractivity contribution is -0.169. The highest BCUT2D eigenvalue weighted by molar-refractivity contribution is 7.95. The van der Waals surface area contributed by atoms with Gasteiger partial charge in [-0.2, -0.15) is 0 Å². The molecule has 0 aliphatic heterocycles. The molecule has 66 heavy (non-hydrogen) atoms. The van der Waals surface area contributed by atoms with Crippen LogP contribution in [0.25, 0.3) is 5.76 Å². The largest absolute Gasteiger partial charge is 1.00 e. The van der Waals surface area contributed by atoms with Gasteiger partial charge in [-0.15, -0.1) is 0 Å². The second-order valence-electron chi connectivity index (χ2n) is 18.0. The number of benzene rings is 4. The number of primary amides is 1. The minimum atomic E-state index is -3.01. The van der Waals surface area contributed by atoms with E-state index in [0.717, 1.165) is 51.1 Å². The molecule has 14 heteroatoms. The third-order valence-electron chi connectivity index (χ3n) is 13.9. The number of nitrogens with one attached hydrogen (secondary N) is 1. The van der Waals surface area contributed by atoms with E-state index in [1.54, 1.807) is 13.0 Å². The van der Waals surface area contributed by atoms with Crippen molar-refractivity contribution in [1.29, 1.82) is 0 Å². The first kappa shape index (κ1) is 50.1. The first-order chi connectivity index (χ1) is 31.2. The molecule has 3 aliphatic carbocycles. The number of Topliss-reactive ketones (excluding diaryl/α,β-unsaturated/α-hetero) is 2. The van der Waals surface area contributed by atoms with Crippen LogP contribution in [-0.2, 0) is 19.2 Å². The molecule has 0 aromatic heterocycles. The van der Waals surface area contributed by atoms with E-state index >= 15 is 0 Å². The fourth-order valence-corrected chi connectivity index (χ4v) is 15.1. The average Bonchev–Trinajstić information content (AvgIpc) is 3.29. The van der Waals surface area contributed by atoms with Crippen LogP contribution < -0.4 is 39.4 Å². The number of amides is 2. The minimum Gasteiger partial charge on any atom is -1.00 e. The van der Waals surface area contributed by atoms with Crippen molar-refractivity contribution in [3.05, 3.63) is 131 Å². The van der Waals surface area contributed by atoms with Gasteiger partial charge in [0.2, 0.25) is 11.7 Å². The third-order valence-corrected chi connectivity index (χ3v) is 18.4. The number of hydrogen-bond acceptors (Lipinski definition) is 10. The summed E-state index contributed by atoms with van der Waals surface area (Å²) in [6.07, 6.45) is 8.95. The Bertz CT molecular complexity index is 2390. The molecule has 7 rings (SSSR count). The number of rotatable bonds is 18. The van der Waals surface area contributed by atoms with Gasteiger partial charge in [-0.1, -0.05) is 106 Å². The van der Waals surface area contributed by atoms with E-state index in [0.29, 0.717) is 12.0 Å². The Balaban J connectivity index is 0.00000720. The van der Waals surface area contributed by atoms with E-state index < -0.39 is 88.7 Å². The number of aliphatic hydroxyl groups is 4. The van der Waals surface area contributed by atoms with Crippen LogP contribution in [0, 0.1) is 11.8 Å². The Hall–Kier alpha value is -5.36. The fourth-order valence-electron chi connectivity index (χ4n) is 10.7. The molecule has 1 fully saturated rings. The first-order valence-electron chi connectivity index (χ1n) is 22.7. The van der Waals surface area contributed by atoms with Crippen molar-refractivity contribution in [2.75, 3.05) is 25.6 Å². The van der Waals surface area contributed by atoms with E-state index in [9.17, 15) is 44.7 Å². The Kier molecular flexibility index (Phi) is 16.0. The number of fused-ring (bicyclic) bond motifs is 3. The smallest absolute Gasteiger partial charge is 0.255 e. The standard InChI is InChI=1S/C52H60N3O9P.ClH/c1-32-36-29-30-37(45(57)40(36)46(58)41-39(32)47(59)43-44(55(2)3)48(60)42(51(53)63)50(62)52(43,64)49(41)61)54-38(56)28-20-9-7-5-4-6-8-10-21-31-65(33-22-14-11-15-23-33,34-24-16-12-17-25-34)35-26-18-13-19-27-35;/h11-19,22-27,29-30,32,39,43-44,47,59,64H,4-10,20-21,28,31H2,1-3H3,(H5-,53,54,56,57,58,60,61,62,63);1H/t32-,39+,43+,44-,47-,52-;/m0./s1. The Labute approximate surface area is 393 Å². The summed E-state index contributed by atoms with van der Waals surface area (Å²) in [6, 6.07) is 34.6. The van der Waals surface area contributed by atoms with Crippen molar-refractivity contribution in [3.8, 4) is 5.75 Å². The molecule has 4 aromatic rings. The van der Waals surface area contributed by atoms with Gasteiger partial charge in [-0.3, -0.25) is 24.1 Å². The number of hydrogen-bond donors (Lipinski definition) is 7. The summed E-state index contributed by atoms with van der Waals surface area (Å²) in [4.78, 5) is 54.4. The second-order valence-corrected chi connectivity index (χ2v) is 21.6. The average molecular weight is 938 g/mol. The zero-order valence-electron chi connectivity index (χ0n) is 37.7. The van der Waals surface area contributed by atoms with Crippen molar-refractivity contribution >= 4 is 58.0 Å². The van der Waals surface area contributed by atoms with Crippen molar-refractivity contribution < 1.29 is 57.1 Å². The summed E-state index contributed by atoms with van der Waals surface area (Å²) >= 11 is 0. The van der Waals surface area contributed by atoms with Gasteiger partial charge in [0.1, 0.15) is 46.0 Å². The van der Waals surface area contributed by atoms with Gasteiger partial charge in [-0.25, -0.2) is 0 Å². The van der Waals surface area contributed by atoms with E-state index in [-0.39, 0.29) is 36.0 Å². The molecule has 0 heterocycles. The Morgan fingerprint density at radius 3 is 1.71 bits per heavy atom. The Morgan fingerprint density at radius 1 is 0.742 bits per heavy atom. The highest BCUT2D eigenvalue weighted by Crippen LogP contribution is 2.58.